The molecule has 13 N–H and O–H groups in total. The van der Waals surface area contributed by atoms with Crippen LogP contribution < -0.4 is 38.1 Å². The molecule has 0 radical (unpaired) electrons. The molecule has 0 saturated carbocycles. The minimum Gasteiger partial charge on any atom is -0.480 e. The Morgan fingerprint density at radius 2 is 1.54 bits per heavy atom. The number of aliphatic hydroxyl groups is 1. The van der Waals surface area contributed by atoms with Crippen LogP contribution in [0.5, 0.6) is 0 Å². The van der Waals surface area contributed by atoms with Crippen molar-refractivity contribution in [2.75, 3.05) is 25.2 Å². The summed E-state index contributed by atoms with van der Waals surface area (Å²) in [6.45, 7) is -1.53. The first-order valence-corrected chi connectivity index (χ1v) is 17.6. The molecule has 0 saturated heterocycles. The molecule has 2 aromatic heterocycles. The number of amides is 6. The molecule has 0 aliphatic carbocycles. The second-order valence-electron chi connectivity index (χ2n) is 11.8. The minimum atomic E-state index is -1.62. The Morgan fingerprint density at radius 3 is 2.19 bits per heavy atom. The highest BCUT2D eigenvalue weighted by atomic mass is 32.2. The number of para-hydroxylation sites is 1. The Morgan fingerprint density at radius 1 is 0.865 bits per heavy atom. The Balaban J connectivity index is 1.65. The number of carboxylic acid groups (broad SMARTS) is 1. The molecule has 282 valence electrons. The zero-order valence-electron chi connectivity index (χ0n) is 28.3. The number of aliphatic carboxylic acids is 1. The molecule has 1 aromatic carbocycles. The summed E-state index contributed by atoms with van der Waals surface area (Å²) >= 11 is 1.39. The van der Waals surface area contributed by atoms with Gasteiger partial charge in [0.2, 0.25) is 35.4 Å². The zero-order chi connectivity index (χ0) is 38.2. The number of H-pyrrole nitrogens is 2. The lowest BCUT2D eigenvalue weighted by atomic mass is 10.0. The van der Waals surface area contributed by atoms with Gasteiger partial charge in [0.15, 0.2) is 0 Å². The summed E-state index contributed by atoms with van der Waals surface area (Å²) in [7, 11) is 0. The lowest BCUT2D eigenvalue weighted by Crippen LogP contribution is -2.57. The molecule has 0 fully saturated rings. The van der Waals surface area contributed by atoms with Crippen LogP contribution in [-0.2, 0) is 46.4 Å². The number of rotatable bonds is 22. The summed E-state index contributed by atoms with van der Waals surface area (Å²) < 4.78 is 0. The third-order valence-electron chi connectivity index (χ3n) is 7.86. The van der Waals surface area contributed by atoms with E-state index in [2.05, 4.69) is 41.5 Å². The SMILES string of the molecule is CSCC[C@@H](NC(=O)[C@H](CCC(N)=O)NC(=O)[C@H](N)Cc1c[nH]c2ccccc12)C(=O)NCC(=O)N[C@@H](Cc1cnc[nH]1)C(=O)N[C@@H](CO)C(=O)O. The largest absolute Gasteiger partial charge is 0.480 e. The molecular formula is C32H44N10O9S. The molecule has 3 rings (SSSR count). The highest BCUT2D eigenvalue weighted by Crippen LogP contribution is 2.19. The van der Waals surface area contributed by atoms with Crippen LogP contribution >= 0.6 is 11.8 Å². The Kier molecular flexibility index (Phi) is 16.1. The summed E-state index contributed by atoms with van der Waals surface area (Å²) in [6, 6.07) is 1.01. The second kappa shape index (κ2) is 20.4. The van der Waals surface area contributed by atoms with E-state index >= 15 is 0 Å². The lowest BCUT2D eigenvalue weighted by Gasteiger charge is -2.24. The topological polar surface area (TPSA) is 317 Å². The van der Waals surface area contributed by atoms with Crippen molar-refractivity contribution in [3.8, 4) is 0 Å². The minimum absolute atomic E-state index is 0.125. The number of primary amides is 1. The van der Waals surface area contributed by atoms with Crippen LogP contribution in [0.15, 0.2) is 43.0 Å². The van der Waals surface area contributed by atoms with Gasteiger partial charge in [0, 0.05) is 41.8 Å². The number of carbonyl (C=O) groups is 7. The van der Waals surface area contributed by atoms with Gasteiger partial charge < -0.3 is 58.2 Å². The first-order chi connectivity index (χ1) is 24.8. The van der Waals surface area contributed by atoms with Crippen molar-refractivity contribution < 1.29 is 43.8 Å². The highest BCUT2D eigenvalue weighted by molar-refractivity contribution is 7.98. The summed E-state index contributed by atoms with van der Waals surface area (Å²) in [5, 5.41) is 31.5. The van der Waals surface area contributed by atoms with Crippen LogP contribution in [0.3, 0.4) is 0 Å². The lowest BCUT2D eigenvalue weighted by molar-refractivity contribution is -0.143. The van der Waals surface area contributed by atoms with Crippen LogP contribution in [0.4, 0.5) is 0 Å². The third kappa shape index (κ3) is 12.7. The summed E-state index contributed by atoms with van der Waals surface area (Å²) in [5.41, 5.74) is 13.6. The summed E-state index contributed by atoms with van der Waals surface area (Å²) in [6.07, 6.45) is 5.97. The number of hydrogen-bond acceptors (Lipinski definition) is 11. The fourth-order valence-corrected chi connectivity index (χ4v) is 5.53. The van der Waals surface area contributed by atoms with Gasteiger partial charge in [-0.15, -0.1) is 0 Å². The van der Waals surface area contributed by atoms with E-state index in [1.807, 2.05) is 24.3 Å². The Hall–Kier alpha value is -5.47. The van der Waals surface area contributed by atoms with Gasteiger partial charge in [-0.3, -0.25) is 28.8 Å². The molecule has 52 heavy (non-hydrogen) atoms. The van der Waals surface area contributed by atoms with Gasteiger partial charge in [-0.1, -0.05) is 18.2 Å². The second-order valence-corrected chi connectivity index (χ2v) is 12.8. The maximum absolute atomic E-state index is 13.5. The van der Waals surface area contributed by atoms with Crippen molar-refractivity contribution in [2.24, 2.45) is 11.5 Å². The molecule has 0 aliphatic rings. The number of benzene rings is 1. The van der Waals surface area contributed by atoms with E-state index in [1.165, 1.54) is 24.3 Å². The van der Waals surface area contributed by atoms with Crippen LogP contribution in [0.1, 0.15) is 30.5 Å². The van der Waals surface area contributed by atoms with E-state index in [0.717, 1.165) is 16.5 Å². The molecule has 6 amide bonds. The smallest absolute Gasteiger partial charge is 0.328 e. The van der Waals surface area contributed by atoms with E-state index < -0.39 is 84.8 Å². The number of thioether (sulfide) groups is 1. The van der Waals surface area contributed by atoms with Crippen LogP contribution in [0.2, 0.25) is 0 Å². The van der Waals surface area contributed by atoms with E-state index in [-0.39, 0.29) is 32.1 Å². The standard InChI is InChI=1S/C32H44N10O9S/c1-52-9-8-23(29(47)37-14-27(45)39-24(11-18-13-35-16-38-18)31(49)42-25(15-43)32(50)51)41-30(48)22(6-7-26(34)44)40-28(46)20(33)10-17-12-36-21-5-3-2-4-19(17)21/h2-5,12-13,16,20,22-25,36,43H,6-11,14-15,33H2,1H3,(H2,34,44)(H,35,38)(H,37,47)(H,39,45)(H,40,46)(H,41,48)(H,42,49)(H,50,51)/t20-,22+,23-,24+,25+/m1/s1. The average Bonchev–Trinajstić information content (AvgIpc) is 3.79. The molecule has 2 heterocycles. The molecule has 0 bridgehead atoms. The van der Waals surface area contributed by atoms with Gasteiger partial charge in [-0.05, 0) is 42.9 Å². The van der Waals surface area contributed by atoms with Crippen molar-refractivity contribution in [3.05, 3.63) is 54.2 Å². The Labute approximate surface area is 302 Å². The van der Waals surface area contributed by atoms with Crippen LogP contribution in [0, 0.1) is 0 Å². The number of carbonyl (C=O) groups excluding carboxylic acids is 6. The van der Waals surface area contributed by atoms with Gasteiger partial charge in [-0.25, -0.2) is 9.78 Å². The zero-order valence-corrected chi connectivity index (χ0v) is 29.2. The molecule has 19 nitrogen and oxygen atoms in total. The molecule has 0 unspecified atom stereocenters. The number of nitrogens with one attached hydrogen (secondary N) is 7. The maximum atomic E-state index is 13.5. The number of nitrogens with two attached hydrogens (primary N) is 2. The van der Waals surface area contributed by atoms with E-state index in [9.17, 15) is 43.8 Å². The third-order valence-corrected chi connectivity index (χ3v) is 8.50. The first kappa shape index (κ1) is 41.0. The van der Waals surface area contributed by atoms with Crippen molar-refractivity contribution >= 4 is 64.1 Å². The summed E-state index contributed by atoms with van der Waals surface area (Å²) in [5.74, 6) is -5.73. The Bertz CT molecular complexity index is 1700. The van der Waals surface area contributed by atoms with Gasteiger partial charge in [0.05, 0.1) is 25.5 Å². The van der Waals surface area contributed by atoms with Crippen molar-refractivity contribution in [1.82, 2.24) is 41.5 Å². The fourth-order valence-electron chi connectivity index (χ4n) is 5.06. The number of fused-ring (bicyclic) bond motifs is 1. The number of carboxylic acids is 1. The van der Waals surface area contributed by atoms with Crippen molar-refractivity contribution in [1.29, 1.82) is 0 Å². The average molecular weight is 745 g/mol. The van der Waals surface area contributed by atoms with E-state index in [1.54, 1.807) is 12.5 Å². The van der Waals surface area contributed by atoms with Gasteiger partial charge in [0.1, 0.15) is 24.2 Å². The highest BCUT2D eigenvalue weighted by Gasteiger charge is 2.30. The van der Waals surface area contributed by atoms with Crippen molar-refractivity contribution in [3.63, 3.8) is 0 Å². The number of nitrogens with zero attached hydrogens (tertiary/aromatic N) is 1. The molecule has 0 spiro atoms. The molecular weight excluding hydrogens is 700 g/mol. The van der Waals surface area contributed by atoms with Gasteiger partial charge in [0.25, 0.3) is 0 Å². The molecule has 3 aromatic rings. The molecule has 0 aliphatic heterocycles. The van der Waals surface area contributed by atoms with Gasteiger partial charge >= 0.3 is 5.97 Å². The number of aromatic amines is 2. The maximum Gasteiger partial charge on any atom is 0.328 e. The molecule has 5 atom stereocenters. The predicted molar refractivity (Wildman–Crippen MR) is 189 cm³/mol. The predicted octanol–water partition coefficient (Wildman–Crippen LogP) is -2.85. The van der Waals surface area contributed by atoms with E-state index in [4.69, 9.17) is 11.5 Å². The number of aromatic nitrogens is 3. The monoisotopic (exact) mass is 744 g/mol. The summed E-state index contributed by atoms with van der Waals surface area (Å²) in [4.78, 5) is 98.1. The van der Waals surface area contributed by atoms with Crippen LogP contribution in [0.25, 0.3) is 10.9 Å². The normalized spacial score (nSPS) is 13.9. The number of aliphatic hydroxyl groups excluding tert-OH is 1. The van der Waals surface area contributed by atoms with Crippen molar-refractivity contribution in [2.45, 2.75) is 62.3 Å². The van der Waals surface area contributed by atoms with Crippen LogP contribution in [-0.4, -0.2) is 122 Å². The molecule has 20 heteroatoms. The van der Waals surface area contributed by atoms with E-state index in [0.29, 0.717) is 11.4 Å². The van der Waals surface area contributed by atoms with Gasteiger partial charge in [-0.2, -0.15) is 11.8 Å². The number of imidazole rings is 1. The quantitative estimate of drug-likeness (QED) is 0.0496. The number of hydrogen-bond donors (Lipinski definition) is 11. The first-order valence-electron chi connectivity index (χ1n) is 16.2. The fraction of sp³-hybridized carbons (Fsp3) is 0.438.